The van der Waals surface area contributed by atoms with E-state index in [-0.39, 0.29) is 43.5 Å². The first-order valence-electron chi connectivity index (χ1n) is 16.8. The van der Waals surface area contributed by atoms with Gasteiger partial charge in [-0.05, 0) is 86.9 Å². The first-order chi connectivity index (χ1) is 25.6. The average Bonchev–Trinajstić information content (AvgIpc) is 3.46. The predicted molar refractivity (Wildman–Crippen MR) is 195 cm³/mol. The van der Waals surface area contributed by atoms with Gasteiger partial charge >= 0.3 is 17.9 Å². The molecule has 0 unspecified atom stereocenters. The maximum atomic E-state index is 14.2. The smallest absolute Gasteiger partial charge is 0.343 e. The minimum Gasteiger partial charge on any atom is -0.493 e. The van der Waals surface area contributed by atoms with Gasteiger partial charge in [-0.25, -0.2) is 19.4 Å². The topological polar surface area (TPSA) is 150 Å². The maximum Gasteiger partial charge on any atom is 0.343 e. The van der Waals surface area contributed by atoms with E-state index in [4.69, 9.17) is 28.4 Å². The van der Waals surface area contributed by atoms with E-state index in [9.17, 15) is 19.2 Å². The number of hydrogen-bond acceptors (Lipinski definition) is 13. The van der Waals surface area contributed by atoms with E-state index >= 15 is 0 Å². The minimum atomic E-state index is -0.905. The van der Waals surface area contributed by atoms with Crippen molar-refractivity contribution < 1.29 is 47.5 Å². The largest absolute Gasteiger partial charge is 0.493 e. The van der Waals surface area contributed by atoms with Crippen molar-refractivity contribution in [2.45, 2.75) is 40.3 Å². The van der Waals surface area contributed by atoms with E-state index in [2.05, 4.69) is 9.73 Å². The quantitative estimate of drug-likeness (QED) is 0.125. The van der Waals surface area contributed by atoms with Crippen molar-refractivity contribution in [1.82, 2.24) is 4.57 Å². The number of methoxy groups -OCH3 is 2. The summed E-state index contributed by atoms with van der Waals surface area (Å²) in [6.07, 6.45) is 1.72. The Morgan fingerprint density at radius 3 is 2.19 bits per heavy atom. The summed E-state index contributed by atoms with van der Waals surface area (Å²) in [6, 6.07) is 16.3. The van der Waals surface area contributed by atoms with Crippen molar-refractivity contribution in [3.05, 3.63) is 114 Å². The van der Waals surface area contributed by atoms with Crippen LogP contribution in [-0.2, 0) is 30.4 Å². The molecule has 0 saturated carbocycles. The summed E-state index contributed by atoms with van der Waals surface area (Å²) < 4.78 is 40.1. The molecule has 0 saturated heterocycles. The van der Waals surface area contributed by atoms with Crippen LogP contribution in [0.5, 0.6) is 23.0 Å². The number of aromatic nitrogens is 1. The van der Waals surface area contributed by atoms with Crippen molar-refractivity contribution in [1.29, 1.82) is 0 Å². The maximum absolute atomic E-state index is 14.2. The fraction of sp³-hybridized carbons (Fsp3) is 0.308. The van der Waals surface area contributed by atoms with Gasteiger partial charge in [0.15, 0.2) is 34.4 Å². The molecule has 4 aromatic rings. The molecule has 278 valence electrons. The third-order valence-electron chi connectivity index (χ3n) is 8.02. The van der Waals surface area contributed by atoms with Crippen LogP contribution in [0.2, 0.25) is 0 Å². The Kier molecular flexibility index (Phi) is 12.7. The van der Waals surface area contributed by atoms with Crippen LogP contribution in [0.3, 0.4) is 0 Å². The SMILES string of the molecule is CCOC(=O)C1=C(C)N=c2s/c(=C/c3ccc(OCc4ccc(C(=O)OCC)cc4)c(OC)c3)c(=O)n2[C@H]1c1ccc(OCC(=O)OC)c(OCC)c1. The number of nitrogens with zero attached hydrogens (tertiary/aromatic N) is 2. The molecule has 1 aliphatic rings. The van der Waals surface area contributed by atoms with Gasteiger partial charge in [-0.3, -0.25) is 9.36 Å². The first kappa shape index (κ1) is 38.3. The Morgan fingerprint density at radius 1 is 0.811 bits per heavy atom. The molecular weight excluding hydrogens is 704 g/mol. The van der Waals surface area contributed by atoms with E-state index in [0.29, 0.717) is 61.3 Å². The highest BCUT2D eigenvalue weighted by Crippen LogP contribution is 2.36. The van der Waals surface area contributed by atoms with E-state index in [1.54, 1.807) is 94.4 Å². The molecule has 0 N–H and O–H groups in total. The number of thiazole rings is 1. The second-order valence-electron chi connectivity index (χ2n) is 11.4. The van der Waals surface area contributed by atoms with E-state index in [0.717, 1.165) is 5.56 Å². The summed E-state index contributed by atoms with van der Waals surface area (Å²) in [6.45, 7) is 7.56. The molecular formula is C39H40N2O11S. The lowest BCUT2D eigenvalue weighted by Gasteiger charge is -2.25. The summed E-state index contributed by atoms with van der Waals surface area (Å²) in [4.78, 5) is 56.4. The van der Waals surface area contributed by atoms with Gasteiger partial charge in [-0.15, -0.1) is 0 Å². The van der Waals surface area contributed by atoms with Gasteiger partial charge in [0.05, 0.1) is 61.4 Å². The molecule has 1 atom stereocenters. The fourth-order valence-electron chi connectivity index (χ4n) is 5.54. The Labute approximate surface area is 309 Å². The van der Waals surface area contributed by atoms with Crippen LogP contribution in [0.15, 0.2) is 81.7 Å². The lowest BCUT2D eigenvalue weighted by Crippen LogP contribution is -2.40. The molecule has 0 radical (unpaired) electrons. The first-order valence-corrected chi connectivity index (χ1v) is 17.7. The average molecular weight is 745 g/mol. The van der Waals surface area contributed by atoms with Gasteiger partial charge in [0, 0.05) is 0 Å². The second kappa shape index (κ2) is 17.6. The summed E-state index contributed by atoms with van der Waals surface area (Å²) in [5.74, 6) is -0.0104. The molecule has 0 fully saturated rings. The van der Waals surface area contributed by atoms with E-state index in [1.165, 1.54) is 30.1 Å². The van der Waals surface area contributed by atoms with Gasteiger partial charge in [0.25, 0.3) is 5.56 Å². The summed E-state index contributed by atoms with van der Waals surface area (Å²) in [5.41, 5.74) is 2.75. The van der Waals surface area contributed by atoms with Crippen LogP contribution < -0.4 is 33.8 Å². The molecule has 3 aromatic carbocycles. The molecule has 0 aliphatic carbocycles. The molecule has 1 aromatic heterocycles. The van der Waals surface area contributed by atoms with Gasteiger partial charge in [0.2, 0.25) is 0 Å². The number of allylic oxidation sites excluding steroid dienone is 1. The molecule has 0 spiro atoms. The highest BCUT2D eigenvalue weighted by Gasteiger charge is 2.34. The van der Waals surface area contributed by atoms with Gasteiger partial charge < -0.3 is 33.2 Å². The molecule has 53 heavy (non-hydrogen) atoms. The predicted octanol–water partition coefficient (Wildman–Crippen LogP) is 4.51. The Bertz CT molecular complexity index is 2200. The zero-order valence-corrected chi connectivity index (χ0v) is 31.1. The van der Waals surface area contributed by atoms with Gasteiger partial charge in [-0.2, -0.15) is 0 Å². The molecule has 0 amide bonds. The van der Waals surface area contributed by atoms with Crippen LogP contribution in [0.4, 0.5) is 0 Å². The number of benzene rings is 3. The van der Waals surface area contributed by atoms with Crippen LogP contribution in [0.25, 0.3) is 6.08 Å². The van der Waals surface area contributed by atoms with Crippen molar-refractivity contribution in [2.24, 2.45) is 4.99 Å². The van der Waals surface area contributed by atoms with Gasteiger partial charge in [0.1, 0.15) is 6.61 Å². The molecule has 0 bridgehead atoms. The van der Waals surface area contributed by atoms with Crippen molar-refractivity contribution in [2.75, 3.05) is 40.6 Å². The number of rotatable bonds is 15. The second-order valence-corrected chi connectivity index (χ2v) is 12.4. The number of esters is 3. The third kappa shape index (κ3) is 8.78. The number of hydrogen-bond donors (Lipinski definition) is 0. The molecule has 5 rings (SSSR count). The minimum absolute atomic E-state index is 0.126. The third-order valence-corrected chi connectivity index (χ3v) is 9.00. The molecule has 1 aliphatic heterocycles. The standard InChI is InChI=1S/C39H40N2O11S/c1-7-48-31-20-27(15-17-29(31)52-22-33(42)47-6)35-34(38(45)50-9-3)23(4)40-39-41(35)36(43)32(53-39)19-25-12-16-28(30(18-25)46-5)51-21-24-10-13-26(14-11-24)37(44)49-8-2/h10-20,35H,7-9,21-22H2,1-6H3/b32-19+/t35-/m0/s1. The Hall–Kier alpha value is -5.89. The molecule has 13 nitrogen and oxygen atoms in total. The number of fused-ring (bicyclic) bond motifs is 1. The van der Waals surface area contributed by atoms with Crippen molar-refractivity contribution >= 4 is 35.3 Å². The number of carbonyl (C=O) groups excluding carboxylic acids is 3. The monoisotopic (exact) mass is 744 g/mol. The van der Waals surface area contributed by atoms with Gasteiger partial charge in [-0.1, -0.05) is 35.6 Å². The summed E-state index contributed by atoms with van der Waals surface area (Å²) in [7, 11) is 2.79. The highest BCUT2D eigenvalue weighted by atomic mass is 32.1. The number of carbonyl (C=O) groups is 3. The van der Waals surface area contributed by atoms with Crippen molar-refractivity contribution in [3.8, 4) is 23.0 Å². The Morgan fingerprint density at radius 2 is 1.51 bits per heavy atom. The van der Waals surface area contributed by atoms with Crippen LogP contribution in [0, 0.1) is 0 Å². The fourth-order valence-corrected chi connectivity index (χ4v) is 6.59. The number of ether oxygens (including phenoxy) is 7. The lowest BCUT2D eigenvalue weighted by atomic mass is 9.95. The lowest BCUT2D eigenvalue weighted by molar-refractivity contribution is -0.143. The molecule has 14 heteroatoms. The van der Waals surface area contributed by atoms with Crippen LogP contribution >= 0.6 is 11.3 Å². The zero-order valence-electron chi connectivity index (χ0n) is 30.3. The zero-order chi connectivity index (χ0) is 38.1. The summed E-state index contributed by atoms with van der Waals surface area (Å²) in [5, 5.41) is 0. The van der Waals surface area contributed by atoms with Crippen LogP contribution in [0.1, 0.15) is 60.8 Å². The Balaban J connectivity index is 1.49. The van der Waals surface area contributed by atoms with E-state index in [1.807, 2.05) is 0 Å². The highest BCUT2D eigenvalue weighted by molar-refractivity contribution is 7.07. The van der Waals surface area contributed by atoms with Crippen molar-refractivity contribution in [3.63, 3.8) is 0 Å². The summed E-state index contributed by atoms with van der Waals surface area (Å²) >= 11 is 1.18. The molecule has 2 heterocycles. The normalized spacial score (nSPS) is 13.8. The van der Waals surface area contributed by atoms with Crippen LogP contribution in [-0.4, -0.2) is 63.1 Å². The van der Waals surface area contributed by atoms with E-state index < -0.39 is 18.0 Å².